The first-order valence-electron chi connectivity index (χ1n) is 4.95. The van der Waals surface area contributed by atoms with Crippen LogP contribution in [0.5, 0.6) is 0 Å². The zero-order chi connectivity index (χ0) is 9.80. The van der Waals surface area contributed by atoms with Crippen molar-refractivity contribution in [3.05, 3.63) is 30.1 Å². The summed E-state index contributed by atoms with van der Waals surface area (Å²) in [5.74, 6) is 2.19. The topological polar surface area (TPSA) is 12.0 Å². The van der Waals surface area contributed by atoms with Gasteiger partial charge >= 0.3 is 0 Å². The molecule has 0 unspecified atom stereocenters. The van der Waals surface area contributed by atoms with E-state index < -0.39 is 0 Å². The van der Waals surface area contributed by atoms with Gasteiger partial charge in [0.25, 0.3) is 0 Å². The SMILES string of the molecule is Fc1ccccc1N[C@H]1CCCSC1. The zero-order valence-corrected chi connectivity index (χ0v) is 8.82. The Bertz CT molecular complexity index is 297. The highest BCUT2D eigenvalue weighted by Crippen LogP contribution is 2.22. The highest BCUT2D eigenvalue weighted by atomic mass is 32.2. The molecule has 76 valence electrons. The number of hydrogen-bond donors (Lipinski definition) is 1. The van der Waals surface area contributed by atoms with Gasteiger partial charge < -0.3 is 5.32 Å². The van der Waals surface area contributed by atoms with E-state index in [1.165, 1.54) is 18.2 Å². The fourth-order valence-electron chi connectivity index (χ4n) is 1.65. The molecule has 1 aromatic carbocycles. The maximum Gasteiger partial charge on any atom is 0.146 e. The summed E-state index contributed by atoms with van der Waals surface area (Å²) in [5, 5.41) is 3.25. The Kier molecular flexibility index (Phi) is 3.30. The summed E-state index contributed by atoms with van der Waals surface area (Å²) in [6.07, 6.45) is 2.39. The Balaban J connectivity index is 1.99. The van der Waals surface area contributed by atoms with Gasteiger partial charge in [-0.25, -0.2) is 4.39 Å². The molecule has 0 saturated carbocycles. The fraction of sp³-hybridized carbons (Fsp3) is 0.455. The van der Waals surface area contributed by atoms with Gasteiger partial charge in [0.1, 0.15) is 5.82 Å². The average molecular weight is 211 g/mol. The third kappa shape index (κ3) is 2.41. The van der Waals surface area contributed by atoms with E-state index >= 15 is 0 Å². The molecule has 2 rings (SSSR count). The van der Waals surface area contributed by atoms with Crippen LogP contribution in [0.2, 0.25) is 0 Å². The lowest BCUT2D eigenvalue weighted by Gasteiger charge is -2.23. The number of halogens is 1. The molecule has 1 aliphatic rings. The maximum atomic E-state index is 13.3. The lowest BCUT2D eigenvalue weighted by Crippen LogP contribution is -2.26. The first-order valence-corrected chi connectivity index (χ1v) is 6.10. The molecule has 14 heavy (non-hydrogen) atoms. The maximum absolute atomic E-state index is 13.3. The van der Waals surface area contributed by atoms with E-state index in [9.17, 15) is 4.39 Å². The molecule has 0 aliphatic carbocycles. The first kappa shape index (κ1) is 9.84. The predicted octanol–water partition coefficient (Wildman–Crippen LogP) is 3.13. The van der Waals surface area contributed by atoms with Crippen LogP contribution in [-0.4, -0.2) is 17.5 Å². The first-order chi connectivity index (χ1) is 6.86. The van der Waals surface area contributed by atoms with Crippen LogP contribution in [0.3, 0.4) is 0 Å². The minimum atomic E-state index is -0.150. The Labute approximate surface area is 88.1 Å². The molecule has 1 heterocycles. The van der Waals surface area contributed by atoms with E-state index in [0.29, 0.717) is 11.7 Å². The lowest BCUT2D eigenvalue weighted by atomic mass is 10.1. The Morgan fingerprint density at radius 1 is 1.36 bits per heavy atom. The predicted molar refractivity (Wildman–Crippen MR) is 60.4 cm³/mol. The minimum absolute atomic E-state index is 0.150. The molecule has 0 bridgehead atoms. The second-order valence-electron chi connectivity index (χ2n) is 3.54. The summed E-state index contributed by atoms with van der Waals surface area (Å²) in [5.41, 5.74) is 0.639. The molecule has 1 saturated heterocycles. The van der Waals surface area contributed by atoms with Crippen molar-refractivity contribution in [2.45, 2.75) is 18.9 Å². The van der Waals surface area contributed by atoms with Crippen molar-refractivity contribution < 1.29 is 4.39 Å². The van der Waals surface area contributed by atoms with Gasteiger partial charge in [-0.15, -0.1) is 0 Å². The number of anilines is 1. The Morgan fingerprint density at radius 3 is 2.93 bits per heavy atom. The van der Waals surface area contributed by atoms with E-state index in [4.69, 9.17) is 0 Å². The molecule has 0 amide bonds. The highest BCUT2D eigenvalue weighted by Gasteiger charge is 2.14. The molecule has 1 N–H and O–H groups in total. The monoisotopic (exact) mass is 211 g/mol. The van der Waals surface area contributed by atoms with Crippen molar-refractivity contribution in [3.63, 3.8) is 0 Å². The van der Waals surface area contributed by atoms with E-state index in [1.807, 2.05) is 17.8 Å². The number of thioether (sulfide) groups is 1. The van der Waals surface area contributed by atoms with Gasteiger partial charge in [-0.2, -0.15) is 11.8 Å². The molecule has 1 aromatic rings. The molecule has 1 fully saturated rings. The fourth-order valence-corrected chi connectivity index (χ4v) is 2.72. The number of rotatable bonds is 2. The quantitative estimate of drug-likeness (QED) is 0.806. The third-order valence-electron chi connectivity index (χ3n) is 2.39. The van der Waals surface area contributed by atoms with Crippen LogP contribution in [0.4, 0.5) is 10.1 Å². The van der Waals surface area contributed by atoms with E-state index in [1.54, 1.807) is 12.1 Å². The van der Waals surface area contributed by atoms with E-state index in [-0.39, 0.29) is 5.82 Å². The Morgan fingerprint density at radius 2 is 2.21 bits per heavy atom. The molecule has 1 nitrogen and oxygen atoms in total. The summed E-state index contributed by atoms with van der Waals surface area (Å²) in [4.78, 5) is 0. The van der Waals surface area contributed by atoms with Crippen molar-refractivity contribution in [1.29, 1.82) is 0 Å². The van der Waals surface area contributed by atoms with Crippen LogP contribution in [-0.2, 0) is 0 Å². The molecular weight excluding hydrogens is 197 g/mol. The van der Waals surface area contributed by atoms with Gasteiger partial charge in [-0.1, -0.05) is 12.1 Å². The van der Waals surface area contributed by atoms with Gasteiger partial charge in [0, 0.05) is 11.8 Å². The molecule has 0 spiro atoms. The lowest BCUT2D eigenvalue weighted by molar-refractivity contribution is 0.620. The molecule has 0 aromatic heterocycles. The largest absolute Gasteiger partial charge is 0.379 e. The third-order valence-corrected chi connectivity index (χ3v) is 3.61. The normalized spacial score (nSPS) is 21.9. The van der Waals surface area contributed by atoms with Crippen LogP contribution in [0.15, 0.2) is 24.3 Å². The van der Waals surface area contributed by atoms with Crippen LogP contribution in [0.25, 0.3) is 0 Å². The van der Waals surface area contributed by atoms with Crippen LogP contribution in [0, 0.1) is 5.82 Å². The number of hydrogen-bond acceptors (Lipinski definition) is 2. The molecular formula is C11H14FNS. The summed E-state index contributed by atoms with van der Waals surface area (Å²) in [7, 11) is 0. The standard InChI is InChI=1S/C11H14FNS/c12-10-5-1-2-6-11(10)13-9-4-3-7-14-8-9/h1-2,5-6,9,13H,3-4,7-8H2/t9-/m0/s1. The highest BCUT2D eigenvalue weighted by molar-refractivity contribution is 7.99. The molecule has 3 heteroatoms. The van der Waals surface area contributed by atoms with Gasteiger partial charge in [0.15, 0.2) is 0 Å². The zero-order valence-electron chi connectivity index (χ0n) is 8.00. The van der Waals surface area contributed by atoms with Gasteiger partial charge in [0.2, 0.25) is 0 Å². The minimum Gasteiger partial charge on any atom is -0.379 e. The smallest absolute Gasteiger partial charge is 0.146 e. The Hall–Kier alpha value is -0.700. The molecule has 1 atom stereocenters. The van der Waals surface area contributed by atoms with Gasteiger partial charge in [-0.3, -0.25) is 0 Å². The number of benzene rings is 1. The van der Waals surface area contributed by atoms with Crippen LogP contribution < -0.4 is 5.32 Å². The van der Waals surface area contributed by atoms with Crippen molar-refractivity contribution in [1.82, 2.24) is 0 Å². The van der Waals surface area contributed by atoms with Crippen molar-refractivity contribution in [2.24, 2.45) is 0 Å². The van der Waals surface area contributed by atoms with Crippen molar-refractivity contribution >= 4 is 17.4 Å². The average Bonchev–Trinajstić information content (AvgIpc) is 2.23. The van der Waals surface area contributed by atoms with E-state index in [2.05, 4.69) is 5.32 Å². The molecule has 0 radical (unpaired) electrons. The summed E-state index contributed by atoms with van der Waals surface area (Å²) >= 11 is 1.94. The second-order valence-corrected chi connectivity index (χ2v) is 4.69. The van der Waals surface area contributed by atoms with E-state index in [0.717, 1.165) is 12.2 Å². The van der Waals surface area contributed by atoms with Crippen molar-refractivity contribution in [3.8, 4) is 0 Å². The van der Waals surface area contributed by atoms with Crippen LogP contribution >= 0.6 is 11.8 Å². The summed E-state index contributed by atoms with van der Waals surface area (Å²) in [6.45, 7) is 0. The van der Waals surface area contributed by atoms with Gasteiger partial charge in [-0.05, 0) is 30.7 Å². The number of nitrogens with one attached hydrogen (secondary N) is 1. The van der Waals surface area contributed by atoms with Crippen LogP contribution in [0.1, 0.15) is 12.8 Å². The van der Waals surface area contributed by atoms with Crippen molar-refractivity contribution in [2.75, 3.05) is 16.8 Å². The summed E-state index contributed by atoms with van der Waals surface area (Å²) < 4.78 is 13.3. The molecule has 1 aliphatic heterocycles. The summed E-state index contributed by atoms with van der Waals surface area (Å²) in [6, 6.07) is 7.32. The van der Waals surface area contributed by atoms with Gasteiger partial charge in [0.05, 0.1) is 5.69 Å². The number of para-hydroxylation sites is 1. The second kappa shape index (κ2) is 4.69.